The molecule has 122 valence electrons. The number of carbonyl (C=O) groups excluding carboxylic acids is 1. The van der Waals surface area contributed by atoms with Gasteiger partial charge in [-0.1, -0.05) is 20.3 Å². The molecular weight excluding hydrogens is 264 g/mol. The third-order valence-corrected chi connectivity index (χ3v) is 5.36. The Morgan fingerprint density at radius 3 is 2.86 bits per heavy atom. The summed E-state index contributed by atoms with van der Waals surface area (Å²) < 4.78 is 5.14. The van der Waals surface area contributed by atoms with Crippen molar-refractivity contribution in [3.8, 4) is 0 Å². The highest BCUT2D eigenvalue weighted by Crippen LogP contribution is 2.39. The molecule has 4 heteroatoms. The number of nitrogens with one attached hydrogen (secondary N) is 1. The minimum Gasteiger partial charge on any atom is -0.468 e. The smallest absolute Gasteiger partial charge is 0.326 e. The zero-order chi connectivity index (χ0) is 15.3. The molecule has 2 rings (SSSR count). The van der Waals surface area contributed by atoms with E-state index in [4.69, 9.17) is 4.74 Å². The molecule has 1 heterocycles. The molecule has 0 amide bonds. The first kappa shape index (κ1) is 16.8. The average molecular weight is 296 g/mol. The van der Waals surface area contributed by atoms with Crippen molar-refractivity contribution in [2.45, 2.75) is 57.9 Å². The molecule has 1 N–H and O–H groups in total. The van der Waals surface area contributed by atoms with Crippen LogP contribution in [0.2, 0.25) is 0 Å². The fourth-order valence-electron chi connectivity index (χ4n) is 4.14. The van der Waals surface area contributed by atoms with Gasteiger partial charge in [0.1, 0.15) is 5.54 Å². The number of likely N-dealkylation sites (tertiary alicyclic amines) is 1. The Bertz CT molecular complexity index is 348. The summed E-state index contributed by atoms with van der Waals surface area (Å²) in [7, 11) is 1.52. The minimum absolute atomic E-state index is 0.0479. The van der Waals surface area contributed by atoms with Gasteiger partial charge in [0.2, 0.25) is 0 Å². The fourth-order valence-corrected chi connectivity index (χ4v) is 4.14. The SMILES string of the molecule is CCCNC1(C(=O)OC)CCCC1CCN1CCC(C)C1. The molecule has 3 atom stereocenters. The van der Waals surface area contributed by atoms with Gasteiger partial charge in [-0.2, -0.15) is 0 Å². The van der Waals surface area contributed by atoms with Gasteiger partial charge < -0.3 is 15.0 Å². The van der Waals surface area contributed by atoms with Crippen LogP contribution in [0.3, 0.4) is 0 Å². The highest BCUT2D eigenvalue weighted by molar-refractivity contribution is 5.81. The molecule has 2 fully saturated rings. The van der Waals surface area contributed by atoms with E-state index in [0.29, 0.717) is 5.92 Å². The van der Waals surface area contributed by atoms with Crippen LogP contribution in [0.4, 0.5) is 0 Å². The van der Waals surface area contributed by atoms with Gasteiger partial charge in [0.15, 0.2) is 0 Å². The minimum atomic E-state index is -0.421. The van der Waals surface area contributed by atoms with E-state index in [-0.39, 0.29) is 5.97 Å². The number of hydrogen-bond donors (Lipinski definition) is 1. The third kappa shape index (κ3) is 3.78. The lowest BCUT2D eigenvalue weighted by atomic mass is 9.84. The Morgan fingerprint density at radius 1 is 1.43 bits per heavy atom. The Kier molecular flexibility index (Phi) is 6.06. The quantitative estimate of drug-likeness (QED) is 0.733. The molecular formula is C17H32N2O2. The van der Waals surface area contributed by atoms with E-state index in [1.165, 1.54) is 26.6 Å². The lowest BCUT2D eigenvalue weighted by molar-refractivity contribution is -0.150. The molecule has 2 aliphatic rings. The number of ether oxygens (including phenoxy) is 1. The topological polar surface area (TPSA) is 41.6 Å². The van der Waals surface area contributed by atoms with Crippen molar-refractivity contribution in [3.05, 3.63) is 0 Å². The fraction of sp³-hybridized carbons (Fsp3) is 0.941. The molecule has 0 spiro atoms. The average Bonchev–Trinajstić information content (AvgIpc) is 3.09. The molecule has 0 aromatic carbocycles. The molecule has 0 aromatic heterocycles. The lowest BCUT2D eigenvalue weighted by Crippen LogP contribution is -2.56. The molecule has 1 aliphatic carbocycles. The van der Waals surface area contributed by atoms with Crippen molar-refractivity contribution in [2.24, 2.45) is 11.8 Å². The normalized spacial score (nSPS) is 33.5. The van der Waals surface area contributed by atoms with Crippen molar-refractivity contribution >= 4 is 5.97 Å². The van der Waals surface area contributed by atoms with E-state index >= 15 is 0 Å². The molecule has 21 heavy (non-hydrogen) atoms. The maximum absolute atomic E-state index is 12.4. The van der Waals surface area contributed by atoms with E-state index in [0.717, 1.165) is 51.1 Å². The van der Waals surface area contributed by atoms with Crippen LogP contribution in [0.25, 0.3) is 0 Å². The van der Waals surface area contributed by atoms with Crippen molar-refractivity contribution in [1.29, 1.82) is 0 Å². The van der Waals surface area contributed by atoms with Crippen LogP contribution in [0, 0.1) is 11.8 Å². The van der Waals surface area contributed by atoms with E-state index in [2.05, 4.69) is 24.1 Å². The molecule has 0 bridgehead atoms. The number of rotatable bonds is 7. The molecule has 1 aliphatic heterocycles. The first-order chi connectivity index (χ1) is 10.1. The number of carbonyl (C=O) groups is 1. The zero-order valence-corrected chi connectivity index (χ0v) is 14.0. The summed E-state index contributed by atoms with van der Waals surface area (Å²) in [6.45, 7) is 8.94. The molecule has 3 unspecified atom stereocenters. The van der Waals surface area contributed by atoms with Gasteiger partial charge in [-0.3, -0.25) is 4.79 Å². The Labute approximate surface area is 129 Å². The van der Waals surface area contributed by atoms with E-state index in [1.807, 2.05) is 0 Å². The van der Waals surface area contributed by atoms with Crippen molar-refractivity contribution in [2.75, 3.05) is 33.3 Å². The van der Waals surface area contributed by atoms with Crippen LogP contribution in [0.5, 0.6) is 0 Å². The summed E-state index contributed by atoms with van der Waals surface area (Å²) in [5.74, 6) is 1.21. The number of esters is 1. The van der Waals surface area contributed by atoms with Crippen molar-refractivity contribution < 1.29 is 9.53 Å². The molecule has 1 saturated carbocycles. The van der Waals surface area contributed by atoms with Gasteiger partial charge in [0.25, 0.3) is 0 Å². The predicted molar refractivity (Wildman–Crippen MR) is 85.2 cm³/mol. The first-order valence-corrected chi connectivity index (χ1v) is 8.68. The summed E-state index contributed by atoms with van der Waals surface area (Å²) in [6.07, 6.45) is 6.69. The maximum atomic E-state index is 12.4. The van der Waals surface area contributed by atoms with Gasteiger partial charge in [-0.25, -0.2) is 0 Å². The summed E-state index contributed by atoms with van der Waals surface area (Å²) in [6, 6.07) is 0. The Morgan fingerprint density at radius 2 is 2.24 bits per heavy atom. The van der Waals surface area contributed by atoms with E-state index < -0.39 is 5.54 Å². The number of nitrogens with zero attached hydrogens (tertiary/aromatic N) is 1. The summed E-state index contributed by atoms with van der Waals surface area (Å²) >= 11 is 0. The zero-order valence-electron chi connectivity index (χ0n) is 14.0. The highest BCUT2D eigenvalue weighted by atomic mass is 16.5. The van der Waals surface area contributed by atoms with Gasteiger partial charge in [0, 0.05) is 6.54 Å². The summed E-state index contributed by atoms with van der Waals surface area (Å²) in [4.78, 5) is 15.0. The lowest BCUT2D eigenvalue weighted by Gasteiger charge is -2.34. The second kappa shape index (κ2) is 7.59. The molecule has 4 nitrogen and oxygen atoms in total. The van der Waals surface area contributed by atoms with E-state index in [9.17, 15) is 4.79 Å². The van der Waals surface area contributed by atoms with Crippen LogP contribution in [-0.4, -0.2) is 49.7 Å². The molecule has 1 saturated heterocycles. The first-order valence-electron chi connectivity index (χ1n) is 8.68. The molecule has 0 radical (unpaired) electrons. The number of methoxy groups -OCH3 is 1. The second-order valence-corrected chi connectivity index (χ2v) is 6.96. The third-order valence-electron chi connectivity index (χ3n) is 5.36. The van der Waals surface area contributed by atoms with Crippen LogP contribution in [0.1, 0.15) is 52.4 Å². The van der Waals surface area contributed by atoms with E-state index in [1.54, 1.807) is 0 Å². The molecule has 0 aromatic rings. The van der Waals surface area contributed by atoms with Crippen LogP contribution in [0.15, 0.2) is 0 Å². The Hall–Kier alpha value is -0.610. The summed E-state index contributed by atoms with van der Waals surface area (Å²) in [5, 5.41) is 3.54. The number of hydrogen-bond acceptors (Lipinski definition) is 4. The second-order valence-electron chi connectivity index (χ2n) is 6.96. The monoisotopic (exact) mass is 296 g/mol. The van der Waals surface area contributed by atoms with Gasteiger partial charge in [0.05, 0.1) is 7.11 Å². The van der Waals surface area contributed by atoms with Gasteiger partial charge in [-0.05, 0) is 63.6 Å². The Balaban J connectivity index is 1.96. The predicted octanol–water partition coefficient (Wildman–Crippen LogP) is 2.43. The summed E-state index contributed by atoms with van der Waals surface area (Å²) in [5.41, 5.74) is -0.421. The standard InChI is InChI=1S/C17H32N2O2/c1-4-10-18-17(16(20)21-3)9-5-6-15(17)8-12-19-11-7-14(2)13-19/h14-15,18H,4-13H2,1-3H3. The van der Waals surface area contributed by atoms with Crippen LogP contribution in [-0.2, 0) is 9.53 Å². The maximum Gasteiger partial charge on any atom is 0.326 e. The van der Waals surface area contributed by atoms with Crippen molar-refractivity contribution in [1.82, 2.24) is 10.2 Å². The van der Waals surface area contributed by atoms with Gasteiger partial charge in [-0.15, -0.1) is 0 Å². The van der Waals surface area contributed by atoms with Crippen molar-refractivity contribution in [3.63, 3.8) is 0 Å². The highest BCUT2D eigenvalue weighted by Gasteiger charge is 2.49. The largest absolute Gasteiger partial charge is 0.468 e. The van der Waals surface area contributed by atoms with Crippen LogP contribution < -0.4 is 5.32 Å². The van der Waals surface area contributed by atoms with Crippen LogP contribution >= 0.6 is 0 Å². The van der Waals surface area contributed by atoms with Gasteiger partial charge >= 0.3 is 5.97 Å².